The van der Waals surface area contributed by atoms with Gasteiger partial charge < -0.3 is 9.73 Å². The van der Waals surface area contributed by atoms with Crippen LogP contribution in [0.1, 0.15) is 47.2 Å². The van der Waals surface area contributed by atoms with E-state index in [1.807, 2.05) is 26.8 Å². The maximum atomic E-state index is 12.9. The van der Waals surface area contributed by atoms with Gasteiger partial charge in [0.05, 0.1) is 17.4 Å². The number of furan rings is 1. The van der Waals surface area contributed by atoms with Gasteiger partial charge in [-0.2, -0.15) is 0 Å². The van der Waals surface area contributed by atoms with Gasteiger partial charge in [-0.15, -0.1) is 0 Å². The molecule has 0 aliphatic carbocycles. The van der Waals surface area contributed by atoms with Crippen LogP contribution in [0.25, 0.3) is 0 Å². The van der Waals surface area contributed by atoms with Crippen molar-refractivity contribution in [2.24, 2.45) is 5.92 Å². The highest BCUT2D eigenvalue weighted by Gasteiger charge is 2.44. The third-order valence-electron chi connectivity index (χ3n) is 4.48. The zero-order chi connectivity index (χ0) is 18.8. The molecule has 136 valence electrons. The van der Waals surface area contributed by atoms with Crippen molar-refractivity contribution >= 4 is 17.7 Å². The standard InChI is InChI=1S/C20H22N2O4/c1-12(2)17(18(23)21-13(3)11-14-7-6-10-26-14)22-19(24)15-8-4-5-9-16(15)20(22)25/h4-10,12-13,17H,11H2,1-3H3,(H,21,23). The Labute approximate surface area is 152 Å². The molecule has 1 aliphatic heterocycles. The minimum absolute atomic E-state index is 0.190. The first-order valence-corrected chi connectivity index (χ1v) is 8.69. The normalized spacial score (nSPS) is 15.9. The fourth-order valence-electron chi connectivity index (χ4n) is 3.29. The molecule has 0 radical (unpaired) electrons. The summed E-state index contributed by atoms with van der Waals surface area (Å²) < 4.78 is 5.30. The first-order valence-electron chi connectivity index (χ1n) is 8.69. The molecule has 1 aliphatic rings. The predicted molar refractivity (Wildman–Crippen MR) is 95.6 cm³/mol. The lowest BCUT2D eigenvalue weighted by atomic mass is 10.0. The summed E-state index contributed by atoms with van der Waals surface area (Å²) in [6.45, 7) is 5.51. The van der Waals surface area contributed by atoms with Gasteiger partial charge in [0.2, 0.25) is 5.91 Å². The van der Waals surface area contributed by atoms with E-state index in [1.165, 1.54) is 0 Å². The van der Waals surface area contributed by atoms with E-state index in [0.29, 0.717) is 17.5 Å². The largest absolute Gasteiger partial charge is 0.469 e. The molecule has 2 aromatic rings. The maximum Gasteiger partial charge on any atom is 0.262 e. The minimum atomic E-state index is -0.860. The molecule has 26 heavy (non-hydrogen) atoms. The second-order valence-electron chi connectivity index (χ2n) is 6.91. The van der Waals surface area contributed by atoms with Crippen molar-refractivity contribution in [3.63, 3.8) is 0 Å². The quantitative estimate of drug-likeness (QED) is 0.809. The Morgan fingerprint density at radius 3 is 2.15 bits per heavy atom. The molecule has 3 amide bonds. The van der Waals surface area contributed by atoms with Crippen LogP contribution >= 0.6 is 0 Å². The van der Waals surface area contributed by atoms with E-state index < -0.39 is 17.9 Å². The van der Waals surface area contributed by atoms with Crippen LogP contribution in [0.4, 0.5) is 0 Å². The van der Waals surface area contributed by atoms with Crippen molar-refractivity contribution < 1.29 is 18.8 Å². The molecule has 6 nitrogen and oxygen atoms in total. The molecule has 0 saturated heterocycles. The Hall–Kier alpha value is -2.89. The van der Waals surface area contributed by atoms with Gasteiger partial charge in [0.1, 0.15) is 11.8 Å². The molecule has 0 saturated carbocycles. The number of benzene rings is 1. The SMILES string of the molecule is CC(Cc1ccco1)NC(=O)C(C(C)C)N1C(=O)c2ccccc2C1=O. The molecule has 3 rings (SSSR count). The summed E-state index contributed by atoms with van der Waals surface area (Å²) >= 11 is 0. The van der Waals surface area contributed by atoms with Crippen LogP contribution in [0.5, 0.6) is 0 Å². The molecular formula is C20H22N2O4. The summed E-state index contributed by atoms with van der Waals surface area (Å²) in [6.07, 6.45) is 2.12. The molecular weight excluding hydrogens is 332 g/mol. The average Bonchev–Trinajstić information content (AvgIpc) is 3.17. The fourth-order valence-corrected chi connectivity index (χ4v) is 3.29. The van der Waals surface area contributed by atoms with E-state index in [4.69, 9.17) is 4.42 Å². The molecule has 2 heterocycles. The van der Waals surface area contributed by atoms with Gasteiger partial charge >= 0.3 is 0 Å². The average molecular weight is 354 g/mol. The maximum absolute atomic E-state index is 12.9. The Balaban J connectivity index is 1.78. The van der Waals surface area contributed by atoms with Crippen LogP contribution in [-0.2, 0) is 11.2 Å². The minimum Gasteiger partial charge on any atom is -0.469 e. The van der Waals surface area contributed by atoms with E-state index >= 15 is 0 Å². The molecule has 0 bridgehead atoms. The topological polar surface area (TPSA) is 79.6 Å². The van der Waals surface area contributed by atoms with Gasteiger partial charge in [0.25, 0.3) is 11.8 Å². The van der Waals surface area contributed by atoms with Crippen LogP contribution in [-0.4, -0.2) is 34.7 Å². The molecule has 1 aromatic heterocycles. The van der Waals surface area contributed by atoms with Crippen LogP contribution in [0.3, 0.4) is 0 Å². The highest BCUT2D eigenvalue weighted by atomic mass is 16.3. The molecule has 2 atom stereocenters. The van der Waals surface area contributed by atoms with Gasteiger partial charge in [-0.1, -0.05) is 26.0 Å². The van der Waals surface area contributed by atoms with Crippen LogP contribution < -0.4 is 5.32 Å². The van der Waals surface area contributed by atoms with Crippen molar-refractivity contribution in [1.82, 2.24) is 10.2 Å². The summed E-state index contributed by atoms with van der Waals surface area (Å²) in [4.78, 5) is 39.4. The van der Waals surface area contributed by atoms with Crippen molar-refractivity contribution in [3.8, 4) is 0 Å². The monoisotopic (exact) mass is 354 g/mol. The lowest BCUT2D eigenvalue weighted by Crippen LogP contribution is -2.54. The van der Waals surface area contributed by atoms with E-state index in [0.717, 1.165) is 10.7 Å². The number of hydrogen-bond donors (Lipinski definition) is 1. The number of nitrogens with zero attached hydrogens (tertiary/aromatic N) is 1. The summed E-state index contributed by atoms with van der Waals surface area (Å²) in [5.41, 5.74) is 0.694. The zero-order valence-corrected chi connectivity index (χ0v) is 15.1. The second kappa shape index (κ2) is 7.15. The Bertz CT molecular complexity index is 791. The Kier molecular flexibility index (Phi) is 4.93. The van der Waals surface area contributed by atoms with Crippen molar-refractivity contribution in [2.45, 2.75) is 39.3 Å². The van der Waals surface area contributed by atoms with Gasteiger partial charge in [0, 0.05) is 12.5 Å². The van der Waals surface area contributed by atoms with Gasteiger partial charge in [-0.25, -0.2) is 0 Å². The van der Waals surface area contributed by atoms with Gasteiger partial charge in [0.15, 0.2) is 0 Å². The number of carbonyl (C=O) groups is 3. The van der Waals surface area contributed by atoms with Crippen molar-refractivity contribution in [1.29, 1.82) is 0 Å². The molecule has 6 heteroatoms. The number of rotatable bonds is 6. The van der Waals surface area contributed by atoms with Crippen molar-refractivity contribution in [2.75, 3.05) is 0 Å². The summed E-state index contributed by atoms with van der Waals surface area (Å²) in [5, 5.41) is 2.90. The first-order chi connectivity index (χ1) is 12.4. The third kappa shape index (κ3) is 3.27. The predicted octanol–water partition coefficient (Wildman–Crippen LogP) is 2.65. The van der Waals surface area contributed by atoms with E-state index in [9.17, 15) is 14.4 Å². The fraction of sp³-hybridized carbons (Fsp3) is 0.350. The number of fused-ring (bicyclic) bond motifs is 1. The number of nitrogens with one attached hydrogen (secondary N) is 1. The highest BCUT2D eigenvalue weighted by molar-refractivity contribution is 6.22. The lowest BCUT2D eigenvalue weighted by Gasteiger charge is -2.29. The number of amides is 3. The number of imide groups is 1. The van der Waals surface area contributed by atoms with Crippen LogP contribution in [0, 0.1) is 5.92 Å². The third-order valence-corrected chi connectivity index (χ3v) is 4.48. The summed E-state index contributed by atoms with van der Waals surface area (Å²) in [7, 11) is 0. The molecule has 0 fully saturated rings. The lowest BCUT2D eigenvalue weighted by molar-refractivity contribution is -0.126. The number of carbonyl (C=O) groups excluding carboxylic acids is 3. The van der Waals surface area contributed by atoms with Crippen LogP contribution in [0.2, 0.25) is 0 Å². The smallest absolute Gasteiger partial charge is 0.262 e. The summed E-state index contributed by atoms with van der Waals surface area (Å²) in [6, 6.07) is 9.24. The second-order valence-corrected chi connectivity index (χ2v) is 6.91. The van der Waals surface area contributed by atoms with Gasteiger partial charge in [-0.05, 0) is 37.1 Å². The Morgan fingerprint density at radius 1 is 1.04 bits per heavy atom. The van der Waals surface area contributed by atoms with Crippen LogP contribution in [0.15, 0.2) is 47.1 Å². The van der Waals surface area contributed by atoms with Gasteiger partial charge in [-0.3, -0.25) is 19.3 Å². The molecule has 2 unspecified atom stereocenters. The highest BCUT2D eigenvalue weighted by Crippen LogP contribution is 2.27. The van der Waals surface area contributed by atoms with E-state index in [-0.39, 0.29) is 17.9 Å². The van der Waals surface area contributed by atoms with E-state index in [1.54, 1.807) is 36.6 Å². The van der Waals surface area contributed by atoms with E-state index in [2.05, 4.69) is 5.32 Å². The molecule has 1 N–H and O–H groups in total. The first kappa shape index (κ1) is 17.9. The molecule has 0 spiro atoms. The van der Waals surface area contributed by atoms with Crippen molar-refractivity contribution in [3.05, 3.63) is 59.5 Å². The number of hydrogen-bond acceptors (Lipinski definition) is 4. The molecule has 1 aromatic carbocycles. The zero-order valence-electron chi connectivity index (χ0n) is 15.1. The summed E-state index contributed by atoms with van der Waals surface area (Å²) in [5.74, 6) is -0.627. The Morgan fingerprint density at radius 2 is 1.65 bits per heavy atom.